The Kier molecular flexibility index (Phi) is 13.8. The van der Waals surface area contributed by atoms with Gasteiger partial charge < -0.3 is 39.4 Å². The summed E-state index contributed by atoms with van der Waals surface area (Å²) in [6.07, 6.45) is 11.5. The van der Waals surface area contributed by atoms with Gasteiger partial charge in [0.1, 0.15) is 23.1 Å². The van der Waals surface area contributed by atoms with E-state index in [0.29, 0.717) is 80.0 Å². The van der Waals surface area contributed by atoms with Gasteiger partial charge in [0.15, 0.2) is 0 Å². The third-order valence-corrected chi connectivity index (χ3v) is 19.6. The summed E-state index contributed by atoms with van der Waals surface area (Å²) in [5.74, 6) is -0.304. The van der Waals surface area contributed by atoms with Crippen LogP contribution in [0.3, 0.4) is 0 Å². The average molecular weight is 1060 g/mol. The van der Waals surface area contributed by atoms with E-state index in [-0.39, 0.29) is 28.6 Å². The molecule has 1 spiro atoms. The molecule has 2 saturated carbocycles. The normalized spacial score (nSPS) is 27.3. The summed E-state index contributed by atoms with van der Waals surface area (Å²) >= 11 is 0. The van der Waals surface area contributed by atoms with Crippen molar-refractivity contribution in [1.82, 2.24) is 24.5 Å². The molecule has 0 bridgehead atoms. The Morgan fingerprint density at radius 1 is 0.895 bits per heavy atom. The van der Waals surface area contributed by atoms with E-state index in [4.69, 9.17) is 19.2 Å². The van der Waals surface area contributed by atoms with Crippen LogP contribution in [0.25, 0.3) is 11.0 Å². The van der Waals surface area contributed by atoms with Gasteiger partial charge in [-0.2, -0.15) is 4.98 Å². The molecule has 7 heterocycles. The molecule has 76 heavy (non-hydrogen) atoms. The van der Waals surface area contributed by atoms with Crippen LogP contribution in [0.2, 0.25) is 0 Å². The number of benzene rings is 3. The molecule has 2 aromatic heterocycles. The Labute approximate surface area is 444 Å². The fraction of sp³-hybridized carbons (Fsp3) is 0.544. The monoisotopic (exact) mass is 1060 g/mol. The van der Waals surface area contributed by atoms with Crippen LogP contribution in [0.1, 0.15) is 105 Å². The van der Waals surface area contributed by atoms with Crippen molar-refractivity contribution in [2.24, 2.45) is 11.3 Å². The minimum absolute atomic E-state index is 0.120. The second-order valence-electron chi connectivity index (χ2n) is 23.1. The molecule has 18 nitrogen and oxygen atoms in total. The van der Waals surface area contributed by atoms with Crippen LogP contribution in [-0.4, -0.2) is 140 Å². The van der Waals surface area contributed by atoms with Gasteiger partial charge in [-0.05, 0) is 149 Å². The largest absolute Gasteiger partial charge is 0.468 e. The molecule has 5 aliphatic heterocycles. The molecule has 19 heteroatoms. The van der Waals surface area contributed by atoms with Gasteiger partial charge >= 0.3 is 0 Å². The molecule has 0 radical (unpaired) electrons. The number of amides is 1. The Hall–Kier alpha value is -5.83. The number of carbonyl (C=O) groups excluding carboxylic acids is 1. The number of nitro groups is 1. The van der Waals surface area contributed by atoms with Crippen LogP contribution < -0.4 is 24.6 Å². The van der Waals surface area contributed by atoms with Gasteiger partial charge in [-0.3, -0.25) is 24.7 Å². The zero-order valence-electron chi connectivity index (χ0n) is 43.6. The average Bonchev–Trinajstić information content (AvgIpc) is 4.01. The maximum atomic E-state index is 14.8. The van der Waals surface area contributed by atoms with Crippen molar-refractivity contribution >= 4 is 55.4 Å². The molecule has 4 N–H and O–H groups in total. The first-order chi connectivity index (χ1) is 36.7. The van der Waals surface area contributed by atoms with Crippen molar-refractivity contribution in [1.29, 1.82) is 0 Å². The SMILES string of the molecule is Cc1ccccc1[C@H]1CC[C@H](N2CCOCC2)CN1C1CC2(CCN(c3ccc(C(=O)NS(=O)(=O)c4ccc(NCC5CCC(C)(O)CC5)c([N+](=O)[O-])c4)c(N4c5cc6cc[nH]c6nc5O[C@H]5COCC[C@@H]54)c3)CC2)C1. The van der Waals surface area contributed by atoms with Crippen molar-refractivity contribution in [3.63, 3.8) is 0 Å². The zero-order valence-corrected chi connectivity index (χ0v) is 44.4. The molecule has 3 aromatic carbocycles. The summed E-state index contributed by atoms with van der Waals surface area (Å²) in [6.45, 7) is 11.6. The summed E-state index contributed by atoms with van der Waals surface area (Å²) in [5, 5.41) is 26.8. The van der Waals surface area contributed by atoms with E-state index in [2.05, 4.69) is 65.8 Å². The molecule has 404 valence electrons. The highest BCUT2D eigenvalue weighted by Crippen LogP contribution is 2.54. The highest BCUT2D eigenvalue weighted by atomic mass is 32.2. The first-order valence-electron chi connectivity index (χ1n) is 27.6. The molecule has 6 fully saturated rings. The number of aryl methyl sites for hydroxylation is 1. The third kappa shape index (κ3) is 10.0. The number of piperidine rings is 2. The lowest BCUT2D eigenvalue weighted by atomic mass is 9.59. The number of aromatic nitrogens is 2. The minimum atomic E-state index is -4.63. The van der Waals surface area contributed by atoms with Gasteiger partial charge in [-0.15, -0.1) is 0 Å². The zero-order chi connectivity index (χ0) is 52.3. The minimum Gasteiger partial charge on any atom is -0.468 e. The van der Waals surface area contributed by atoms with Crippen LogP contribution in [0, 0.1) is 28.4 Å². The van der Waals surface area contributed by atoms with Crippen LogP contribution in [0.5, 0.6) is 5.88 Å². The molecule has 12 rings (SSSR count). The standard InChI is InChI=1S/C57H71N9O9S/c1-37-5-3-4-6-44(37)47-12-8-41(63-24-27-73-28-25-63)35-64(47)42-32-57(33-42)19-22-62(23-20-57)40-7-10-45(49(30-40)65-48-16-26-74-36-52(48)75-55-51(65)29-39-15-21-58-53(39)60-55)54(67)61-76(71,72)43-9-11-46(50(31-43)66(69)70)59-34-38-13-17-56(2,68)18-14-38/h3-7,9-11,15,21,29-31,38,41-42,47-48,52,59,68H,8,12-14,16-20,22-28,32-36H2,1-2H3,(H,58,60)(H,61,67)/t38?,41-,47+,48-,52-,56?/m0/s1. The number of likely N-dealkylation sites (tertiary alicyclic amines) is 1. The lowest BCUT2D eigenvalue weighted by Crippen LogP contribution is -2.60. The molecule has 0 unspecified atom stereocenters. The van der Waals surface area contributed by atoms with Crippen molar-refractivity contribution < 1.29 is 37.5 Å². The maximum Gasteiger partial charge on any atom is 0.293 e. The number of fused-ring (bicyclic) bond motifs is 3. The fourth-order valence-electron chi connectivity index (χ4n) is 13.8. The van der Waals surface area contributed by atoms with Gasteiger partial charge in [0.2, 0.25) is 5.88 Å². The third-order valence-electron chi connectivity index (χ3n) is 18.3. The molecule has 2 aliphatic carbocycles. The maximum absolute atomic E-state index is 14.8. The molecule has 1 amide bonds. The number of carbonyl (C=O) groups is 1. The number of H-pyrrole nitrogens is 1. The Morgan fingerprint density at radius 3 is 2.46 bits per heavy atom. The Bertz CT molecular complexity index is 3080. The number of aromatic amines is 1. The van der Waals surface area contributed by atoms with Gasteiger partial charge in [-0.25, -0.2) is 13.1 Å². The van der Waals surface area contributed by atoms with Crippen LogP contribution >= 0.6 is 0 Å². The summed E-state index contributed by atoms with van der Waals surface area (Å²) in [5.41, 5.74) is 4.96. The Morgan fingerprint density at radius 2 is 1.68 bits per heavy atom. The number of ether oxygens (including phenoxy) is 3. The van der Waals surface area contributed by atoms with Gasteiger partial charge in [0.25, 0.3) is 21.6 Å². The summed E-state index contributed by atoms with van der Waals surface area (Å²) in [7, 11) is -4.63. The van der Waals surface area contributed by atoms with Crippen LogP contribution in [0.4, 0.5) is 28.4 Å². The van der Waals surface area contributed by atoms with Gasteiger partial charge in [-0.1, -0.05) is 24.3 Å². The number of rotatable bonds is 12. The second kappa shape index (κ2) is 20.5. The van der Waals surface area contributed by atoms with E-state index in [1.807, 2.05) is 37.4 Å². The quantitative estimate of drug-likeness (QED) is 0.0686. The second-order valence-corrected chi connectivity index (χ2v) is 24.8. The number of nitro benzene ring substituents is 1. The topological polar surface area (TPSA) is 208 Å². The number of nitrogens with zero attached hydrogens (tertiary/aromatic N) is 6. The summed E-state index contributed by atoms with van der Waals surface area (Å²) < 4.78 is 49.0. The summed E-state index contributed by atoms with van der Waals surface area (Å²) in [4.78, 5) is 44.2. The van der Waals surface area contributed by atoms with E-state index in [0.717, 1.165) is 95.2 Å². The fourth-order valence-corrected chi connectivity index (χ4v) is 14.8. The summed E-state index contributed by atoms with van der Waals surface area (Å²) in [6, 6.07) is 23.3. The van der Waals surface area contributed by atoms with Crippen molar-refractivity contribution in [3.05, 3.63) is 106 Å². The number of aliphatic hydroxyl groups is 1. The van der Waals surface area contributed by atoms with E-state index < -0.39 is 43.1 Å². The number of pyridine rings is 1. The highest BCUT2D eigenvalue weighted by Gasteiger charge is 2.51. The lowest BCUT2D eigenvalue weighted by Gasteiger charge is -2.59. The van der Waals surface area contributed by atoms with E-state index in [9.17, 15) is 28.4 Å². The smallest absolute Gasteiger partial charge is 0.293 e. The lowest BCUT2D eigenvalue weighted by molar-refractivity contribution is -0.384. The van der Waals surface area contributed by atoms with Crippen LogP contribution in [-0.2, 0) is 19.5 Å². The first-order valence-corrected chi connectivity index (χ1v) is 29.0. The molecule has 7 aliphatic rings. The number of morpholine rings is 1. The molecule has 4 saturated heterocycles. The number of anilines is 4. The van der Waals surface area contributed by atoms with Gasteiger partial charge in [0, 0.05) is 87.3 Å². The predicted octanol–water partition coefficient (Wildman–Crippen LogP) is 8.23. The molecule has 4 atom stereocenters. The number of hydrogen-bond donors (Lipinski definition) is 4. The van der Waals surface area contributed by atoms with Gasteiger partial charge in [0.05, 0.1) is 52.5 Å². The molecule has 5 aromatic rings. The van der Waals surface area contributed by atoms with Crippen molar-refractivity contribution in [3.8, 4) is 5.88 Å². The highest BCUT2D eigenvalue weighted by molar-refractivity contribution is 7.90. The van der Waals surface area contributed by atoms with Crippen molar-refractivity contribution in [2.45, 2.75) is 125 Å². The predicted molar refractivity (Wildman–Crippen MR) is 290 cm³/mol. The van der Waals surface area contributed by atoms with E-state index >= 15 is 0 Å². The van der Waals surface area contributed by atoms with E-state index in [1.165, 1.54) is 42.5 Å². The number of nitrogens with one attached hydrogen (secondary N) is 3. The molecular weight excluding hydrogens is 987 g/mol. The first kappa shape index (κ1) is 51.0. The van der Waals surface area contributed by atoms with Crippen molar-refractivity contribution in [2.75, 3.05) is 80.8 Å². The molecular formula is C57H71N9O9S. The van der Waals surface area contributed by atoms with Crippen LogP contribution in [0.15, 0.2) is 83.9 Å². The Balaban J connectivity index is 0.812. The number of hydrogen-bond acceptors (Lipinski definition) is 15. The number of sulfonamides is 1. The van der Waals surface area contributed by atoms with E-state index in [1.54, 1.807) is 6.07 Å².